The molecule has 0 aliphatic carbocycles. The molecule has 0 amide bonds. The summed E-state index contributed by atoms with van der Waals surface area (Å²) in [6.07, 6.45) is 6.83. The Morgan fingerprint density at radius 3 is 2.62 bits per heavy atom. The van der Waals surface area contributed by atoms with Gasteiger partial charge in [-0.3, -0.25) is 9.69 Å². The maximum atomic E-state index is 12.3. The summed E-state index contributed by atoms with van der Waals surface area (Å²) in [6, 6.07) is 5.40. The van der Waals surface area contributed by atoms with Crippen LogP contribution in [0, 0.1) is 6.92 Å². The molecular weight excluding hydrogens is 388 g/mol. The van der Waals surface area contributed by atoms with Crippen molar-refractivity contribution in [2.24, 2.45) is 0 Å². The molecule has 0 spiro atoms. The molecule has 0 saturated carbocycles. The fourth-order valence-corrected chi connectivity index (χ4v) is 3.81. The Hall–Kier alpha value is -2.77. The van der Waals surface area contributed by atoms with E-state index in [2.05, 4.69) is 30.5 Å². The van der Waals surface area contributed by atoms with Crippen LogP contribution >= 0.6 is 11.6 Å². The van der Waals surface area contributed by atoms with Gasteiger partial charge in [0.05, 0.1) is 10.9 Å². The molecule has 4 rings (SSSR count). The zero-order valence-corrected chi connectivity index (χ0v) is 17.5. The Kier molecular flexibility index (Phi) is 5.34. The molecule has 7 nitrogen and oxygen atoms in total. The summed E-state index contributed by atoms with van der Waals surface area (Å²) >= 11 is 6.08. The van der Waals surface area contributed by atoms with E-state index >= 15 is 0 Å². The van der Waals surface area contributed by atoms with Gasteiger partial charge in [0.15, 0.2) is 0 Å². The van der Waals surface area contributed by atoms with Gasteiger partial charge in [-0.05, 0) is 25.1 Å². The van der Waals surface area contributed by atoms with E-state index in [9.17, 15) is 4.79 Å². The molecule has 0 bridgehead atoms. The van der Waals surface area contributed by atoms with Crippen LogP contribution in [0.1, 0.15) is 17.8 Å². The van der Waals surface area contributed by atoms with Crippen LogP contribution in [0.2, 0.25) is 5.02 Å². The zero-order valence-electron chi connectivity index (χ0n) is 16.8. The first-order chi connectivity index (χ1) is 13.9. The summed E-state index contributed by atoms with van der Waals surface area (Å²) in [5, 5.41) is 1.09. The van der Waals surface area contributed by atoms with Gasteiger partial charge in [0.1, 0.15) is 5.82 Å². The number of aromatic nitrogens is 4. The Morgan fingerprint density at radius 2 is 1.97 bits per heavy atom. The van der Waals surface area contributed by atoms with Crippen LogP contribution in [0.5, 0.6) is 0 Å². The summed E-state index contributed by atoms with van der Waals surface area (Å²) in [7, 11) is 3.86. The van der Waals surface area contributed by atoms with Gasteiger partial charge < -0.3 is 9.47 Å². The number of hydrogen-bond acceptors (Lipinski definition) is 6. The van der Waals surface area contributed by atoms with Crippen LogP contribution in [0.15, 0.2) is 41.5 Å². The highest BCUT2D eigenvalue weighted by molar-refractivity contribution is 6.31. The first kappa shape index (κ1) is 19.5. The van der Waals surface area contributed by atoms with E-state index in [0.717, 1.165) is 42.8 Å². The quantitative estimate of drug-likeness (QED) is 0.658. The third-order valence-corrected chi connectivity index (χ3v) is 5.31. The van der Waals surface area contributed by atoms with Crippen molar-refractivity contribution in [1.82, 2.24) is 24.4 Å². The van der Waals surface area contributed by atoms with Crippen molar-refractivity contribution >= 4 is 34.1 Å². The normalized spacial score (nSPS) is 14.8. The molecule has 1 aromatic carbocycles. The molecule has 8 heteroatoms. The number of halogens is 1. The van der Waals surface area contributed by atoms with Crippen molar-refractivity contribution in [3.05, 3.63) is 63.4 Å². The zero-order chi connectivity index (χ0) is 20.5. The topological polar surface area (TPSA) is 67.2 Å². The molecule has 0 radical (unpaired) electrons. The summed E-state index contributed by atoms with van der Waals surface area (Å²) in [5.74, 6) is 1.40. The number of aryl methyl sites for hydroxylation is 1. The van der Waals surface area contributed by atoms with Crippen molar-refractivity contribution in [2.75, 3.05) is 32.1 Å². The molecule has 3 heterocycles. The molecule has 1 aliphatic heterocycles. The van der Waals surface area contributed by atoms with Gasteiger partial charge in [-0.1, -0.05) is 17.7 Å². The van der Waals surface area contributed by atoms with E-state index < -0.39 is 0 Å². The number of benzene rings is 1. The number of anilines is 1. The highest BCUT2D eigenvalue weighted by Gasteiger charge is 2.17. The molecule has 29 heavy (non-hydrogen) atoms. The second-order valence-corrected chi connectivity index (χ2v) is 7.86. The highest BCUT2D eigenvalue weighted by Crippen LogP contribution is 2.24. The number of nitrogens with zero attached hydrogens (tertiary/aromatic N) is 6. The standard InChI is InChI=1S/C21H23ClN6O/c1-14-25-20(29)18-10-16(22)4-5-19(18)28(14)17-6-8-27(9-7-17)13-15-11-23-21(24-12-15)26(2)3/h4-6,10-12H,7-9,13H2,1-3H3. The predicted octanol–water partition coefficient (Wildman–Crippen LogP) is 2.96. The largest absolute Gasteiger partial charge is 0.347 e. The van der Waals surface area contributed by atoms with Crippen LogP contribution in [0.25, 0.3) is 16.6 Å². The monoisotopic (exact) mass is 410 g/mol. The molecule has 0 unspecified atom stereocenters. The Balaban J connectivity index is 1.57. The van der Waals surface area contributed by atoms with Crippen molar-refractivity contribution in [3.63, 3.8) is 0 Å². The Morgan fingerprint density at radius 1 is 1.21 bits per heavy atom. The minimum absolute atomic E-state index is 0.240. The lowest BCUT2D eigenvalue weighted by atomic mass is 10.1. The van der Waals surface area contributed by atoms with Gasteiger partial charge in [0.2, 0.25) is 5.95 Å². The molecule has 1 aliphatic rings. The second kappa shape index (κ2) is 7.93. The number of hydrogen-bond donors (Lipinski definition) is 0. The SMILES string of the molecule is Cc1nc(=O)c2cc(Cl)ccc2n1C1=CCN(Cc2cnc(N(C)C)nc2)CC1. The minimum atomic E-state index is -0.240. The molecule has 150 valence electrons. The van der Waals surface area contributed by atoms with Crippen molar-refractivity contribution < 1.29 is 0 Å². The van der Waals surface area contributed by atoms with Crippen molar-refractivity contribution in [2.45, 2.75) is 19.9 Å². The molecule has 0 saturated heterocycles. The Labute approximate surface area is 174 Å². The third kappa shape index (κ3) is 4.02. The summed E-state index contributed by atoms with van der Waals surface area (Å²) in [6.45, 7) is 4.38. The van der Waals surface area contributed by atoms with Gasteiger partial charge >= 0.3 is 0 Å². The highest BCUT2D eigenvalue weighted by atomic mass is 35.5. The summed E-state index contributed by atoms with van der Waals surface area (Å²) < 4.78 is 2.07. The second-order valence-electron chi connectivity index (χ2n) is 7.43. The van der Waals surface area contributed by atoms with E-state index in [0.29, 0.717) is 22.2 Å². The fourth-order valence-electron chi connectivity index (χ4n) is 3.63. The first-order valence-electron chi connectivity index (χ1n) is 9.51. The van der Waals surface area contributed by atoms with E-state index in [-0.39, 0.29) is 5.56 Å². The van der Waals surface area contributed by atoms with Crippen LogP contribution < -0.4 is 10.5 Å². The molecule has 3 aromatic rings. The van der Waals surface area contributed by atoms with Crippen LogP contribution in [-0.2, 0) is 6.54 Å². The Bertz CT molecular complexity index is 1140. The average Bonchev–Trinajstić information content (AvgIpc) is 2.70. The van der Waals surface area contributed by atoms with E-state index in [1.807, 2.05) is 50.4 Å². The van der Waals surface area contributed by atoms with Crippen LogP contribution in [0.4, 0.5) is 5.95 Å². The van der Waals surface area contributed by atoms with Gasteiger partial charge in [-0.15, -0.1) is 0 Å². The summed E-state index contributed by atoms with van der Waals surface area (Å²) in [4.78, 5) is 29.5. The van der Waals surface area contributed by atoms with Gasteiger partial charge in [0, 0.05) is 68.8 Å². The van der Waals surface area contributed by atoms with Gasteiger partial charge in [0.25, 0.3) is 5.56 Å². The van der Waals surface area contributed by atoms with E-state index in [4.69, 9.17) is 11.6 Å². The van der Waals surface area contributed by atoms with Gasteiger partial charge in [-0.25, -0.2) is 9.97 Å². The number of rotatable bonds is 4. The maximum absolute atomic E-state index is 12.3. The van der Waals surface area contributed by atoms with E-state index in [1.54, 1.807) is 6.07 Å². The molecule has 0 fully saturated rings. The van der Waals surface area contributed by atoms with Crippen LogP contribution in [-0.4, -0.2) is 51.6 Å². The molecule has 0 atom stereocenters. The molecule has 0 N–H and O–H groups in total. The fraction of sp³-hybridized carbons (Fsp3) is 0.333. The molecular formula is C21H23ClN6O. The lowest BCUT2D eigenvalue weighted by Gasteiger charge is -2.28. The number of fused-ring (bicyclic) bond motifs is 1. The lowest BCUT2D eigenvalue weighted by molar-refractivity contribution is 0.291. The predicted molar refractivity (Wildman–Crippen MR) is 116 cm³/mol. The smallest absolute Gasteiger partial charge is 0.280 e. The summed E-state index contributed by atoms with van der Waals surface area (Å²) in [5.41, 5.74) is 2.85. The lowest BCUT2D eigenvalue weighted by Crippen LogP contribution is -2.30. The van der Waals surface area contributed by atoms with Gasteiger partial charge in [-0.2, -0.15) is 4.98 Å². The first-order valence-corrected chi connectivity index (χ1v) is 9.89. The van der Waals surface area contributed by atoms with Crippen molar-refractivity contribution in [3.8, 4) is 0 Å². The third-order valence-electron chi connectivity index (χ3n) is 5.07. The van der Waals surface area contributed by atoms with Crippen LogP contribution in [0.3, 0.4) is 0 Å². The minimum Gasteiger partial charge on any atom is -0.347 e. The molecule has 2 aromatic heterocycles. The van der Waals surface area contributed by atoms with Crippen molar-refractivity contribution in [1.29, 1.82) is 0 Å². The average molecular weight is 411 g/mol. The van der Waals surface area contributed by atoms with E-state index in [1.165, 1.54) is 0 Å². The maximum Gasteiger partial charge on any atom is 0.280 e.